The lowest BCUT2D eigenvalue weighted by Crippen LogP contribution is -2.05. The van der Waals surface area contributed by atoms with E-state index in [1.807, 2.05) is 43.3 Å². The number of fused-ring (bicyclic) bond motifs is 1. The Morgan fingerprint density at radius 1 is 1.35 bits per heavy atom. The van der Waals surface area contributed by atoms with E-state index < -0.39 is 0 Å². The van der Waals surface area contributed by atoms with E-state index in [0.29, 0.717) is 12.5 Å². The van der Waals surface area contributed by atoms with Crippen LogP contribution in [0, 0.1) is 6.92 Å². The summed E-state index contributed by atoms with van der Waals surface area (Å²) in [6.07, 6.45) is 2.02. The SMILES string of the molecule is CNc1nc(NCc2cn(C)nc2C)c2ccsc2n1. The summed E-state index contributed by atoms with van der Waals surface area (Å²) in [5.41, 5.74) is 2.20. The molecule has 0 atom stereocenters. The molecule has 0 radical (unpaired) electrons. The molecule has 3 aromatic heterocycles. The van der Waals surface area contributed by atoms with Crippen molar-refractivity contribution in [2.45, 2.75) is 13.5 Å². The normalized spacial score (nSPS) is 10.9. The highest BCUT2D eigenvalue weighted by Crippen LogP contribution is 2.26. The number of rotatable bonds is 4. The van der Waals surface area contributed by atoms with Gasteiger partial charge in [0, 0.05) is 32.4 Å². The largest absolute Gasteiger partial charge is 0.365 e. The lowest BCUT2D eigenvalue weighted by molar-refractivity contribution is 0.756. The third kappa shape index (κ3) is 2.32. The van der Waals surface area contributed by atoms with Crippen LogP contribution in [-0.2, 0) is 13.6 Å². The highest BCUT2D eigenvalue weighted by molar-refractivity contribution is 7.16. The van der Waals surface area contributed by atoms with E-state index in [4.69, 9.17) is 0 Å². The van der Waals surface area contributed by atoms with E-state index in [0.717, 1.165) is 21.7 Å². The second-order valence-corrected chi connectivity index (χ2v) is 5.45. The maximum Gasteiger partial charge on any atom is 0.225 e. The number of hydrogen-bond acceptors (Lipinski definition) is 6. The van der Waals surface area contributed by atoms with E-state index in [1.54, 1.807) is 11.3 Å². The van der Waals surface area contributed by atoms with E-state index in [-0.39, 0.29) is 0 Å². The van der Waals surface area contributed by atoms with Crippen molar-refractivity contribution in [3.05, 3.63) is 28.9 Å². The number of hydrogen-bond donors (Lipinski definition) is 2. The zero-order chi connectivity index (χ0) is 14.1. The summed E-state index contributed by atoms with van der Waals surface area (Å²) < 4.78 is 1.82. The molecule has 104 valence electrons. The highest BCUT2D eigenvalue weighted by atomic mass is 32.1. The maximum absolute atomic E-state index is 4.49. The number of aryl methyl sites for hydroxylation is 2. The predicted octanol–water partition coefficient (Wildman–Crippen LogP) is 2.39. The van der Waals surface area contributed by atoms with Crippen LogP contribution in [0.4, 0.5) is 11.8 Å². The van der Waals surface area contributed by atoms with Crippen molar-refractivity contribution in [3.8, 4) is 0 Å². The van der Waals surface area contributed by atoms with Gasteiger partial charge in [0.15, 0.2) is 0 Å². The van der Waals surface area contributed by atoms with Crippen molar-refractivity contribution in [1.29, 1.82) is 0 Å². The minimum Gasteiger partial charge on any atom is -0.365 e. The third-order valence-electron chi connectivity index (χ3n) is 3.11. The molecular formula is C13H16N6S. The van der Waals surface area contributed by atoms with Crippen LogP contribution in [0.15, 0.2) is 17.6 Å². The number of thiophene rings is 1. The molecule has 0 saturated carbocycles. The van der Waals surface area contributed by atoms with Crippen LogP contribution in [-0.4, -0.2) is 26.8 Å². The molecule has 0 aliphatic rings. The first-order valence-electron chi connectivity index (χ1n) is 6.33. The molecule has 3 rings (SSSR count). The monoisotopic (exact) mass is 288 g/mol. The Morgan fingerprint density at radius 3 is 2.90 bits per heavy atom. The Hall–Kier alpha value is -2.15. The van der Waals surface area contributed by atoms with E-state index in [9.17, 15) is 0 Å². The first kappa shape index (κ1) is 12.9. The molecule has 0 saturated heterocycles. The molecule has 3 aromatic rings. The Kier molecular flexibility index (Phi) is 3.27. The topological polar surface area (TPSA) is 67.7 Å². The zero-order valence-electron chi connectivity index (χ0n) is 11.6. The summed E-state index contributed by atoms with van der Waals surface area (Å²) in [7, 11) is 3.75. The molecule has 0 spiro atoms. The average Bonchev–Trinajstić information content (AvgIpc) is 3.02. The van der Waals surface area contributed by atoms with Gasteiger partial charge < -0.3 is 10.6 Å². The van der Waals surface area contributed by atoms with Crippen LogP contribution < -0.4 is 10.6 Å². The zero-order valence-corrected chi connectivity index (χ0v) is 12.5. The summed E-state index contributed by atoms with van der Waals surface area (Å²) in [5, 5.41) is 13.8. The van der Waals surface area contributed by atoms with Gasteiger partial charge in [-0.15, -0.1) is 11.3 Å². The molecule has 20 heavy (non-hydrogen) atoms. The molecule has 3 heterocycles. The van der Waals surface area contributed by atoms with Crippen molar-refractivity contribution in [2.24, 2.45) is 7.05 Å². The molecule has 0 aliphatic carbocycles. The van der Waals surface area contributed by atoms with Gasteiger partial charge in [0.2, 0.25) is 5.95 Å². The first-order chi connectivity index (χ1) is 9.67. The van der Waals surface area contributed by atoms with Gasteiger partial charge in [0.1, 0.15) is 10.6 Å². The van der Waals surface area contributed by atoms with E-state index in [2.05, 4.69) is 25.7 Å². The smallest absolute Gasteiger partial charge is 0.225 e. The fourth-order valence-electron chi connectivity index (χ4n) is 2.10. The molecule has 0 bridgehead atoms. The van der Waals surface area contributed by atoms with Crippen molar-refractivity contribution in [1.82, 2.24) is 19.7 Å². The number of nitrogens with one attached hydrogen (secondary N) is 2. The van der Waals surface area contributed by atoms with Crippen LogP contribution in [0.3, 0.4) is 0 Å². The summed E-state index contributed by atoms with van der Waals surface area (Å²) in [6.45, 7) is 2.71. The minimum atomic E-state index is 0.630. The molecular weight excluding hydrogens is 272 g/mol. The highest BCUT2D eigenvalue weighted by Gasteiger charge is 2.09. The van der Waals surface area contributed by atoms with Gasteiger partial charge >= 0.3 is 0 Å². The van der Waals surface area contributed by atoms with Gasteiger partial charge in [-0.3, -0.25) is 4.68 Å². The van der Waals surface area contributed by atoms with Gasteiger partial charge in [-0.25, -0.2) is 4.98 Å². The molecule has 2 N–H and O–H groups in total. The molecule has 0 fully saturated rings. The quantitative estimate of drug-likeness (QED) is 0.771. The van der Waals surface area contributed by atoms with Crippen molar-refractivity contribution in [2.75, 3.05) is 17.7 Å². The average molecular weight is 288 g/mol. The summed E-state index contributed by atoms with van der Waals surface area (Å²) in [6, 6.07) is 2.04. The molecule has 0 amide bonds. The standard InChI is InChI=1S/C13H16N6S/c1-8-9(7-19(3)18-8)6-15-11-10-4-5-20-12(10)17-13(14-2)16-11/h4-5,7H,6H2,1-3H3,(H2,14,15,16,17). The predicted molar refractivity (Wildman–Crippen MR) is 82.2 cm³/mol. The van der Waals surface area contributed by atoms with Crippen LogP contribution in [0.25, 0.3) is 10.2 Å². The number of aromatic nitrogens is 4. The number of anilines is 2. The van der Waals surface area contributed by atoms with Gasteiger partial charge in [-0.05, 0) is 18.4 Å². The summed E-state index contributed by atoms with van der Waals surface area (Å²) >= 11 is 1.61. The van der Waals surface area contributed by atoms with E-state index in [1.165, 1.54) is 5.56 Å². The molecule has 7 heteroatoms. The Balaban J connectivity index is 1.90. The van der Waals surface area contributed by atoms with Crippen LogP contribution in [0.5, 0.6) is 0 Å². The minimum absolute atomic E-state index is 0.630. The van der Waals surface area contributed by atoms with Crippen molar-refractivity contribution < 1.29 is 0 Å². The van der Waals surface area contributed by atoms with Gasteiger partial charge in [-0.2, -0.15) is 10.1 Å². The Bertz CT molecular complexity index is 744. The molecule has 0 aliphatic heterocycles. The van der Waals surface area contributed by atoms with Crippen molar-refractivity contribution >= 4 is 33.3 Å². The Labute approximate surface area is 120 Å². The molecule has 6 nitrogen and oxygen atoms in total. The third-order valence-corrected chi connectivity index (χ3v) is 3.92. The lowest BCUT2D eigenvalue weighted by atomic mass is 10.2. The van der Waals surface area contributed by atoms with Gasteiger partial charge in [-0.1, -0.05) is 0 Å². The van der Waals surface area contributed by atoms with Crippen molar-refractivity contribution in [3.63, 3.8) is 0 Å². The Morgan fingerprint density at radius 2 is 2.20 bits per heavy atom. The van der Waals surface area contributed by atoms with Gasteiger partial charge in [0.25, 0.3) is 0 Å². The van der Waals surface area contributed by atoms with Crippen LogP contribution in [0.1, 0.15) is 11.3 Å². The second-order valence-electron chi connectivity index (χ2n) is 4.55. The molecule has 0 aromatic carbocycles. The molecule has 0 unspecified atom stereocenters. The fraction of sp³-hybridized carbons (Fsp3) is 0.308. The lowest BCUT2D eigenvalue weighted by Gasteiger charge is -2.08. The van der Waals surface area contributed by atoms with E-state index >= 15 is 0 Å². The summed E-state index contributed by atoms with van der Waals surface area (Å²) in [5.74, 6) is 1.48. The van der Waals surface area contributed by atoms with Crippen LogP contribution >= 0.6 is 11.3 Å². The maximum atomic E-state index is 4.49. The number of nitrogens with zero attached hydrogens (tertiary/aromatic N) is 4. The van der Waals surface area contributed by atoms with Crippen LogP contribution in [0.2, 0.25) is 0 Å². The fourth-order valence-corrected chi connectivity index (χ4v) is 2.87. The summed E-state index contributed by atoms with van der Waals surface area (Å²) in [4.78, 5) is 9.90. The van der Waals surface area contributed by atoms with Gasteiger partial charge in [0.05, 0.1) is 11.1 Å². The first-order valence-corrected chi connectivity index (χ1v) is 7.21. The second kappa shape index (κ2) is 5.09.